The Labute approximate surface area is 175 Å². The molecule has 0 aliphatic carbocycles. The summed E-state index contributed by atoms with van der Waals surface area (Å²) in [4.78, 5) is 25.1. The van der Waals surface area contributed by atoms with Gasteiger partial charge in [0.2, 0.25) is 0 Å². The van der Waals surface area contributed by atoms with Gasteiger partial charge < -0.3 is 14.2 Å². The van der Waals surface area contributed by atoms with Gasteiger partial charge in [-0.3, -0.25) is 4.79 Å². The van der Waals surface area contributed by atoms with Crippen LogP contribution in [0.4, 0.5) is 0 Å². The van der Waals surface area contributed by atoms with Crippen molar-refractivity contribution in [2.75, 3.05) is 4.43 Å². The largest absolute Gasteiger partial charge is 0.459 e. The predicted octanol–water partition coefficient (Wildman–Crippen LogP) is 4.62. The number of carbonyl (C=O) groups excluding carboxylic acids is 2. The van der Waals surface area contributed by atoms with Gasteiger partial charge in [-0.15, -0.1) is 0 Å². The number of hydrogen-bond acceptors (Lipinski definition) is 5. The van der Waals surface area contributed by atoms with Crippen LogP contribution in [0.15, 0.2) is 18.2 Å². The number of ether oxygens (including phenoxy) is 3. The molecule has 0 saturated carbocycles. The molecule has 1 heterocycles. The first-order valence-electron chi connectivity index (χ1n) is 9.24. The summed E-state index contributed by atoms with van der Waals surface area (Å²) in [6, 6.07) is 5.42. The Morgan fingerprint density at radius 1 is 1.33 bits per heavy atom. The van der Waals surface area contributed by atoms with Gasteiger partial charge in [-0.25, -0.2) is 4.79 Å². The molecular formula is C21H29IO5. The summed E-state index contributed by atoms with van der Waals surface area (Å²) in [5, 5.41) is 0. The van der Waals surface area contributed by atoms with Crippen molar-refractivity contribution in [2.45, 2.75) is 77.8 Å². The maximum atomic E-state index is 12.6. The van der Waals surface area contributed by atoms with Crippen LogP contribution in [0.2, 0.25) is 0 Å². The zero-order valence-electron chi connectivity index (χ0n) is 16.8. The van der Waals surface area contributed by atoms with Gasteiger partial charge >= 0.3 is 11.9 Å². The molecule has 1 atom stereocenters. The van der Waals surface area contributed by atoms with Gasteiger partial charge in [-0.1, -0.05) is 34.7 Å². The van der Waals surface area contributed by atoms with Crippen molar-refractivity contribution in [1.29, 1.82) is 0 Å². The first-order chi connectivity index (χ1) is 12.5. The van der Waals surface area contributed by atoms with E-state index in [2.05, 4.69) is 22.6 Å². The number of cyclic esters (lactones) is 1. The highest BCUT2D eigenvalue weighted by Gasteiger charge is 2.30. The van der Waals surface area contributed by atoms with Crippen LogP contribution in [0.1, 0.15) is 68.9 Å². The number of rotatable bonds is 3. The third kappa shape index (κ3) is 7.07. The van der Waals surface area contributed by atoms with E-state index in [1.54, 1.807) is 6.07 Å². The Balaban J connectivity index is 2.35. The molecular weight excluding hydrogens is 459 g/mol. The molecule has 6 heteroatoms. The summed E-state index contributed by atoms with van der Waals surface area (Å²) >= 11 is 2.33. The second kappa shape index (κ2) is 8.90. The average Bonchev–Trinajstić information content (AvgIpc) is 2.50. The quantitative estimate of drug-likeness (QED) is 0.353. The van der Waals surface area contributed by atoms with Crippen LogP contribution in [0.3, 0.4) is 0 Å². The normalized spacial score (nSPS) is 20.4. The van der Waals surface area contributed by atoms with Crippen LogP contribution in [-0.4, -0.2) is 33.7 Å². The summed E-state index contributed by atoms with van der Waals surface area (Å²) < 4.78 is 18.3. The van der Waals surface area contributed by atoms with E-state index in [4.69, 9.17) is 14.2 Å². The maximum absolute atomic E-state index is 12.6. The van der Waals surface area contributed by atoms with Gasteiger partial charge in [-0.05, 0) is 58.2 Å². The highest BCUT2D eigenvalue weighted by Crippen LogP contribution is 2.26. The minimum Gasteiger partial charge on any atom is -0.459 e. The summed E-state index contributed by atoms with van der Waals surface area (Å²) in [7, 11) is 0. The topological polar surface area (TPSA) is 61.8 Å². The first-order valence-corrected chi connectivity index (χ1v) is 10.8. The molecule has 0 radical (unpaired) electrons. The summed E-state index contributed by atoms with van der Waals surface area (Å²) in [6.45, 7) is 9.69. The smallest absolute Gasteiger partial charge is 0.338 e. The van der Waals surface area contributed by atoms with Crippen molar-refractivity contribution >= 4 is 34.5 Å². The number of esters is 2. The zero-order chi connectivity index (χ0) is 20.2. The van der Waals surface area contributed by atoms with Crippen LogP contribution >= 0.6 is 22.6 Å². The van der Waals surface area contributed by atoms with Gasteiger partial charge in [0.05, 0.1) is 24.7 Å². The average molecular weight is 488 g/mol. The number of halogens is 1. The third-order valence-electron chi connectivity index (χ3n) is 4.15. The van der Waals surface area contributed by atoms with Crippen molar-refractivity contribution in [3.8, 4) is 0 Å². The lowest BCUT2D eigenvalue weighted by molar-refractivity contribution is -0.159. The fraction of sp³-hybridized carbons (Fsp3) is 0.619. The highest BCUT2D eigenvalue weighted by atomic mass is 127. The second-order valence-electron chi connectivity index (χ2n) is 8.52. The van der Waals surface area contributed by atoms with Crippen molar-refractivity contribution in [2.24, 2.45) is 0 Å². The van der Waals surface area contributed by atoms with E-state index in [-0.39, 0.29) is 18.5 Å². The zero-order valence-corrected chi connectivity index (χ0v) is 18.9. The third-order valence-corrected chi connectivity index (χ3v) is 4.77. The number of alkyl halides is 1. The molecule has 0 spiro atoms. The number of hydrogen-bond donors (Lipinski definition) is 0. The lowest BCUT2D eigenvalue weighted by Crippen LogP contribution is -2.34. The maximum Gasteiger partial charge on any atom is 0.338 e. The minimum atomic E-state index is -0.628. The van der Waals surface area contributed by atoms with Gasteiger partial charge in [0.25, 0.3) is 0 Å². The molecule has 5 nitrogen and oxygen atoms in total. The van der Waals surface area contributed by atoms with Gasteiger partial charge in [0.1, 0.15) is 11.2 Å². The number of fused-ring (bicyclic) bond motifs is 2. The Morgan fingerprint density at radius 3 is 2.67 bits per heavy atom. The van der Waals surface area contributed by atoms with Crippen molar-refractivity contribution in [3.05, 3.63) is 34.9 Å². The number of benzene rings is 1. The lowest BCUT2D eigenvalue weighted by Gasteiger charge is -2.29. The Kier molecular flexibility index (Phi) is 7.30. The summed E-state index contributed by atoms with van der Waals surface area (Å²) in [6.07, 6.45) is 1.57. The van der Waals surface area contributed by atoms with E-state index < -0.39 is 17.2 Å². The summed E-state index contributed by atoms with van der Waals surface area (Å²) in [5.74, 6) is -0.785. The van der Waals surface area contributed by atoms with Crippen LogP contribution in [0, 0.1) is 0 Å². The predicted molar refractivity (Wildman–Crippen MR) is 112 cm³/mol. The molecule has 1 aromatic rings. The Hall–Kier alpha value is -1.15. The molecule has 2 bridgehead atoms. The molecule has 1 unspecified atom stereocenters. The van der Waals surface area contributed by atoms with Crippen molar-refractivity contribution < 1.29 is 23.8 Å². The Morgan fingerprint density at radius 2 is 2.04 bits per heavy atom. The summed E-state index contributed by atoms with van der Waals surface area (Å²) in [5.41, 5.74) is 0.707. The van der Waals surface area contributed by atoms with Gasteiger partial charge in [0.15, 0.2) is 0 Å². The fourth-order valence-corrected chi connectivity index (χ4v) is 3.78. The van der Waals surface area contributed by atoms with Crippen LogP contribution in [0.25, 0.3) is 0 Å². The van der Waals surface area contributed by atoms with Gasteiger partial charge in [-0.2, -0.15) is 0 Å². The molecule has 27 heavy (non-hydrogen) atoms. The Bertz CT molecular complexity index is 690. The monoisotopic (exact) mass is 488 g/mol. The molecule has 1 aliphatic rings. The van der Waals surface area contributed by atoms with E-state index in [9.17, 15) is 9.59 Å². The van der Waals surface area contributed by atoms with E-state index in [0.717, 1.165) is 16.4 Å². The van der Waals surface area contributed by atoms with Crippen molar-refractivity contribution in [3.63, 3.8) is 0 Å². The van der Waals surface area contributed by atoms with Gasteiger partial charge in [0, 0.05) is 10.8 Å². The number of carbonyl (C=O) groups is 2. The van der Waals surface area contributed by atoms with E-state index >= 15 is 0 Å². The molecule has 1 aliphatic heterocycles. The second-order valence-corrected chi connectivity index (χ2v) is 9.60. The van der Waals surface area contributed by atoms with Crippen molar-refractivity contribution in [1.82, 2.24) is 0 Å². The van der Waals surface area contributed by atoms with E-state index in [1.165, 1.54) is 0 Å². The van der Waals surface area contributed by atoms with Crippen LogP contribution in [0.5, 0.6) is 0 Å². The van der Waals surface area contributed by atoms with Crippen LogP contribution in [-0.2, 0) is 32.0 Å². The molecule has 1 aromatic carbocycles. The molecule has 150 valence electrons. The first kappa shape index (κ1) is 22.1. The molecule has 0 fully saturated rings. The van der Waals surface area contributed by atoms with E-state index in [0.29, 0.717) is 24.2 Å². The highest BCUT2D eigenvalue weighted by molar-refractivity contribution is 14.1. The molecule has 0 aromatic heterocycles. The molecule has 2 rings (SSSR count). The molecule has 0 saturated heterocycles. The SMILES string of the molecule is CC(C)(C)OC(=O)c1ccc2cc1CC(=O)OC(C)(C)CC(CCI)OC2. The van der Waals surface area contributed by atoms with E-state index in [1.807, 2.05) is 46.8 Å². The lowest BCUT2D eigenvalue weighted by atomic mass is 9.99. The fourth-order valence-electron chi connectivity index (χ4n) is 3.09. The molecule has 0 N–H and O–H groups in total. The molecule has 0 amide bonds. The standard InChI is InChI=1S/C21H29IO5/c1-20(2,3)27-19(24)17-7-6-14-10-15(17)11-18(23)26-21(4,5)12-16(8-9-22)25-13-14/h6-7,10,16H,8-9,11-13H2,1-5H3. The van der Waals surface area contributed by atoms with Crippen LogP contribution < -0.4 is 0 Å². The minimum absolute atomic E-state index is 0.0109.